The second-order valence-electron chi connectivity index (χ2n) is 21.3. The second-order valence-corrected chi connectivity index (χ2v) is 21.3. The molecule has 15 rings (SSSR count). The van der Waals surface area contributed by atoms with E-state index in [-0.39, 0.29) is 0 Å². The van der Waals surface area contributed by atoms with E-state index in [1.807, 2.05) is 0 Å². The Balaban J connectivity index is 0.803. The summed E-state index contributed by atoms with van der Waals surface area (Å²) in [5.74, 6) is 0. The molecule has 0 spiro atoms. The van der Waals surface area contributed by atoms with Crippen LogP contribution >= 0.6 is 0 Å². The van der Waals surface area contributed by atoms with E-state index in [4.69, 9.17) is 0 Å². The van der Waals surface area contributed by atoms with Crippen LogP contribution in [0, 0.1) is 0 Å². The lowest BCUT2D eigenvalue weighted by Gasteiger charge is -2.30. The molecule has 3 aliphatic rings. The predicted molar refractivity (Wildman–Crippen MR) is 344 cm³/mol. The standard InChI is InChI=1S/C78H54N2/c1-2-17-57-44-61-24-14-25-71(50-68(61)46-59(57)18-3-1)79(77-52-62-21-5-4-15-55(62)35-36-56-16-8-11-26-74(56)77)72-41-37-63-43-54(31-34-65(63)49-72)30-29-53-32-39-70(40-33-53)80(73-42-38-64-45-58-19-6-7-20-60(58)47-69(64)51-73)78-75-27-12-9-22-66(75)48-67-23-10-13-28-76(67)78/h2-24,26-35,37-51H,1,25,36H2/b30-29+,55-35-. The fourth-order valence-corrected chi connectivity index (χ4v) is 12.3. The van der Waals surface area contributed by atoms with Crippen LogP contribution in [-0.2, 0) is 6.42 Å². The van der Waals surface area contributed by atoms with Gasteiger partial charge in [0.2, 0.25) is 0 Å². The van der Waals surface area contributed by atoms with Crippen molar-refractivity contribution >= 4 is 131 Å². The third-order valence-electron chi connectivity index (χ3n) is 16.3. The Morgan fingerprint density at radius 3 is 1.70 bits per heavy atom. The van der Waals surface area contributed by atoms with Crippen molar-refractivity contribution < 1.29 is 0 Å². The van der Waals surface area contributed by atoms with Crippen molar-refractivity contribution in [1.82, 2.24) is 0 Å². The van der Waals surface area contributed by atoms with Gasteiger partial charge in [-0.15, -0.1) is 0 Å². The van der Waals surface area contributed by atoms with E-state index in [2.05, 4.69) is 307 Å². The summed E-state index contributed by atoms with van der Waals surface area (Å²) < 4.78 is 0. The van der Waals surface area contributed by atoms with E-state index in [1.165, 1.54) is 104 Å². The number of hydrogen-bond acceptors (Lipinski definition) is 2. The summed E-state index contributed by atoms with van der Waals surface area (Å²) in [6.45, 7) is 0. The Labute approximate surface area is 466 Å². The Morgan fingerprint density at radius 1 is 0.375 bits per heavy atom. The molecular weight excluding hydrogens is 965 g/mol. The monoisotopic (exact) mass is 1020 g/mol. The second kappa shape index (κ2) is 20.0. The molecule has 0 unspecified atom stereocenters. The van der Waals surface area contributed by atoms with E-state index in [0.29, 0.717) is 0 Å². The maximum absolute atomic E-state index is 4.01. The predicted octanol–water partition coefficient (Wildman–Crippen LogP) is 19.2. The molecule has 2 heteroatoms. The lowest BCUT2D eigenvalue weighted by molar-refractivity contribution is 1.10. The molecule has 0 saturated heterocycles. The van der Waals surface area contributed by atoms with Gasteiger partial charge in [-0.2, -0.15) is 0 Å². The Kier molecular flexibility index (Phi) is 11.7. The number of fused-ring (bicyclic) bond motifs is 9. The van der Waals surface area contributed by atoms with Gasteiger partial charge in [0.1, 0.15) is 0 Å². The fourth-order valence-electron chi connectivity index (χ4n) is 12.3. The first-order valence-electron chi connectivity index (χ1n) is 27.9. The molecule has 0 aliphatic heterocycles. The third kappa shape index (κ3) is 8.75. The van der Waals surface area contributed by atoms with Gasteiger partial charge in [0.25, 0.3) is 0 Å². The maximum Gasteiger partial charge on any atom is 0.0970 e. The van der Waals surface area contributed by atoms with Crippen molar-refractivity contribution in [3.05, 3.63) is 309 Å². The van der Waals surface area contributed by atoms with Crippen LogP contribution in [0.5, 0.6) is 0 Å². The molecule has 0 aromatic heterocycles. The van der Waals surface area contributed by atoms with Crippen LogP contribution in [0.2, 0.25) is 0 Å². The van der Waals surface area contributed by atoms with Gasteiger partial charge < -0.3 is 9.80 Å². The third-order valence-corrected chi connectivity index (χ3v) is 16.3. The topological polar surface area (TPSA) is 6.48 Å². The zero-order valence-electron chi connectivity index (χ0n) is 44.2. The van der Waals surface area contributed by atoms with Crippen molar-refractivity contribution in [2.75, 3.05) is 9.80 Å². The molecule has 3 aliphatic carbocycles. The highest BCUT2D eigenvalue weighted by molar-refractivity contribution is 6.15. The molecule has 0 heterocycles. The summed E-state index contributed by atoms with van der Waals surface area (Å²) in [5, 5.41) is 14.4. The summed E-state index contributed by atoms with van der Waals surface area (Å²) in [6.07, 6.45) is 25.4. The highest BCUT2D eigenvalue weighted by atomic mass is 15.2. The Hall–Kier alpha value is -10.2. The molecule has 2 nitrogen and oxygen atoms in total. The normalized spacial score (nSPS) is 14.0. The minimum atomic E-state index is 0.758. The molecule has 0 atom stereocenters. The first-order chi connectivity index (χ1) is 39.6. The number of anilines is 4. The van der Waals surface area contributed by atoms with Crippen molar-refractivity contribution in [2.45, 2.75) is 19.3 Å². The van der Waals surface area contributed by atoms with E-state index in [1.54, 1.807) is 0 Å². The van der Waals surface area contributed by atoms with Crippen molar-refractivity contribution in [3.8, 4) is 0 Å². The molecule has 0 radical (unpaired) electrons. The Bertz CT molecular complexity index is 4790. The zero-order chi connectivity index (χ0) is 52.9. The Morgan fingerprint density at radius 2 is 0.912 bits per heavy atom. The largest absolute Gasteiger partial charge is 0.309 e. The van der Waals surface area contributed by atoms with Gasteiger partial charge in [-0.25, -0.2) is 0 Å². The average Bonchev–Trinajstić information content (AvgIpc) is 3.87. The van der Waals surface area contributed by atoms with E-state index < -0.39 is 0 Å². The molecule has 0 fully saturated rings. The van der Waals surface area contributed by atoms with Crippen LogP contribution in [0.3, 0.4) is 0 Å². The van der Waals surface area contributed by atoms with Crippen LogP contribution in [0.25, 0.3) is 108 Å². The van der Waals surface area contributed by atoms with E-state index in [0.717, 1.165) is 58.4 Å². The van der Waals surface area contributed by atoms with E-state index in [9.17, 15) is 0 Å². The van der Waals surface area contributed by atoms with Crippen LogP contribution in [0.1, 0.15) is 57.3 Å². The van der Waals surface area contributed by atoms with Crippen molar-refractivity contribution in [1.29, 1.82) is 0 Å². The summed E-state index contributed by atoms with van der Waals surface area (Å²) in [5.41, 5.74) is 20.4. The lowest BCUT2D eigenvalue weighted by Crippen LogP contribution is -2.27. The number of allylic oxidation sites excluding steroid dienone is 3. The summed E-state index contributed by atoms with van der Waals surface area (Å²) >= 11 is 0. The molecule has 12 aromatic carbocycles. The molecular formula is C78H54N2. The summed E-state index contributed by atoms with van der Waals surface area (Å²) in [6, 6.07) is 85.1. The van der Waals surface area contributed by atoms with Gasteiger partial charge in [0.15, 0.2) is 0 Å². The number of nitrogens with zero attached hydrogens (tertiary/aromatic N) is 2. The summed E-state index contributed by atoms with van der Waals surface area (Å²) in [7, 11) is 0. The first-order valence-corrected chi connectivity index (χ1v) is 27.9. The molecule has 0 bridgehead atoms. The van der Waals surface area contributed by atoms with Gasteiger partial charge in [0, 0.05) is 50.7 Å². The quantitative estimate of drug-likeness (QED) is 0.111. The maximum atomic E-state index is 4.01. The summed E-state index contributed by atoms with van der Waals surface area (Å²) in [4.78, 5) is 4.93. The zero-order valence-corrected chi connectivity index (χ0v) is 44.2. The molecule has 376 valence electrons. The van der Waals surface area contributed by atoms with E-state index >= 15 is 0 Å². The number of benzene rings is 12. The molecule has 0 saturated carbocycles. The van der Waals surface area contributed by atoms with Gasteiger partial charge in [-0.05, 0) is 185 Å². The molecule has 0 N–H and O–H groups in total. The lowest BCUT2D eigenvalue weighted by atomic mass is 9.96. The molecule has 12 aromatic rings. The van der Waals surface area contributed by atoms with Crippen LogP contribution in [0.4, 0.5) is 22.7 Å². The van der Waals surface area contributed by atoms with Gasteiger partial charge in [-0.3, -0.25) is 0 Å². The van der Waals surface area contributed by atoms with Gasteiger partial charge >= 0.3 is 0 Å². The smallest absolute Gasteiger partial charge is 0.0970 e. The SMILES string of the molecule is C1=C(N(C2=Cc3cc4c(cc3C=CC2)C=CCC=C4)c2ccc3cc(/C=C/c4ccc(N(c5ccc6cc7ccccc7cc6c5)c5c6ccccc6cc6ccccc56)cc4)ccc3c2)c2ccccc2C/C=c2/ccccc2=1. The van der Waals surface area contributed by atoms with Crippen LogP contribution in [0.15, 0.2) is 254 Å². The van der Waals surface area contributed by atoms with Gasteiger partial charge in [-0.1, -0.05) is 212 Å². The molecule has 80 heavy (non-hydrogen) atoms. The minimum Gasteiger partial charge on any atom is -0.309 e. The van der Waals surface area contributed by atoms with Crippen LogP contribution in [-0.4, -0.2) is 0 Å². The molecule has 0 amide bonds. The average molecular weight is 1020 g/mol. The fraction of sp³-hybridized carbons (Fsp3) is 0.0385. The van der Waals surface area contributed by atoms with Crippen molar-refractivity contribution in [3.63, 3.8) is 0 Å². The highest BCUT2D eigenvalue weighted by Crippen LogP contribution is 2.45. The van der Waals surface area contributed by atoms with Gasteiger partial charge in [0.05, 0.1) is 11.4 Å². The minimum absolute atomic E-state index is 0.758. The first kappa shape index (κ1) is 47.0. The van der Waals surface area contributed by atoms with Crippen LogP contribution < -0.4 is 20.2 Å². The number of rotatable bonds is 8. The highest BCUT2D eigenvalue weighted by Gasteiger charge is 2.24. The number of hydrogen-bond donors (Lipinski definition) is 0. The van der Waals surface area contributed by atoms with Crippen molar-refractivity contribution in [2.24, 2.45) is 0 Å².